The predicted molar refractivity (Wildman–Crippen MR) is 57.5 cm³/mol. The van der Waals surface area contributed by atoms with Crippen LogP contribution in [0.5, 0.6) is 0 Å². The Morgan fingerprint density at radius 3 is 2.13 bits per heavy atom. The number of carbonyl (C=O) groups is 2. The molecule has 2 N–H and O–H groups in total. The lowest BCUT2D eigenvalue weighted by Crippen LogP contribution is -2.40. The number of nitrogens with one attached hydrogen (secondary N) is 2. The molecule has 2 amide bonds. The Hall–Kier alpha value is -1.26. The highest BCUT2D eigenvalue weighted by atomic mass is 16.5. The van der Waals surface area contributed by atoms with Crippen molar-refractivity contribution >= 4 is 12.0 Å². The van der Waals surface area contributed by atoms with Crippen LogP contribution in [0.4, 0.5) is 4.79 Å². The molecule has 0 fully saturated rings. The summed E-state index contributed by atoms with van der Waals surface area (Å²) >= 11 is 0. The van der Waals surface area contributed by atoms with E-state index in [1.54, 1.807) is 6.92 Å². The van der Waals surface area contributed by atoms with Gasteiger partial charge in [-0.25, -0.2) is 4.79 Å². The lowest BCUT2D eigenvalue weighted by atomic mass is 9.96. The average Bonchev–Trinajstić information content (AvgIpc) is 2.11. The molecule has 0 aromatic heterocycles. The molecule has 0 aromatic rings. The minimum atomic E-state index is -0.456. The summed E-state index contributed by atoms with van der Waals surface area (Å²) in [6.45, 7) is 8.38. The van der Waals surface area contributed by atoms with E-state index in [4.69, 9.17) is 0 Å². The van der Waals surface area contributed by atoms with Gasteiger partial charge in [-0.3, -0.25) is 4.79 Å². The van der Waals surface area contributed by atoms with Crippen molar-refractivity contribution in [2.24, 2.45) is 5.41 Å². The van der Waals surface area contributed by atoms with Crippen molar-refractivity contribution in [3.63, 3.8) is 0 Å². The van der Waals surface area contributed by atoms with Gasteiger partial charge in [-0.2, -0.15) is 0 Å². The Balaban J connectivity index is 3.55. The molecule has 15 heavy (non-hydrogen) atoms. The fourth-order valence-electron chi connectivity index (χ4n) is 0.788. The van der Waals surface area contributed by atoms with E-state index in [0.717, 1.165) is 0 Å². The maximum Gasteiger partial charge on any atom is 0.407 e. The van der Waals surface area contributed by atoms with Crippen LogP contribution in [0.25, 0.3) is 0 Å². The minimum absolute atomic E-state index is 0.0341. The van der Waals surface area contributed by atoms with E-state index in [1.807, 2.05) is 20.8 Å². The van der Waals surface area contributed by atoms with Gasteiger partial charge < -0.3 is 15.4 Å². The molecule has 5 nitrogen and oxygen atoms in total. The van der Waals surface area contributed by atoms with Crippen molar-refractivity contribution in [3.05, 3.63) is 0 Å². The normalized spacial score (nSPS) is 10.7. The van der Waals surface area contributed by atoms with Crippen LogP contribution in [0, 0.1) is 5.41 Å². The van der Waals surface area contributed by atoms with Crippen molar-refractivity contribution in [3.8, 4) is 0 Å². The maximum atomic E-state index is 11.4. The Bertz CT molecular complexity index is 221. The van der Waals surface area contributed by atoms with Crippen LogP contribution < -0.4 is 10.6 Å². The monoisotopic (exact) mass is 216 g/mol. The molecule has 0 saturated carbocycles. The summed E-state index contributed by atoms with van der Waals surface area (Å²) in [4.78, 5) is 22.2. The van der Waals surface area contributed by atoms with E-state index in [9.17, 15) is 9.59 Å². The molecule has 0 atom stereocenters. The van der Waals surface area contributed by atoms with E-state index in [1.165, 1.54) is 0 Å². The van der Waals surface area contributed by atoms with E-state index in [0.29, 0.717) is 19.7 Å². The Morgan fingerprint density at radius 1 is 1.13 bits per heavy atom. The zero-order valence-electron chi connectivity index (χ0n) is 9.85. The molecular formula is C10H20N2O3. The third-order valence-corrected chi connectivity index (χ3v) is 1.64. The standard InChI is InChI=1S/C10H20N2O3/c1-5-15-9(14)12-7-6-11-8(13)10(2,3)4/h5-7H2,1-4H3,(H,11,13)(H,12,14). The molecule has 0 radical (unpaired) electrons. The second-order valence-electron chi connectivity index (χ2n) is 4.15. The zero-order valence-corrected chi connectivity index (χ0v) is 9.85. The van der Waals surface area contributed by atoms with Crippen LogP contribution in [0.15, 0.2) is 0 Å². The molecule has 0 aliphatic carbocycles. The number of amides is 2. The first-order valence-electron chi connectivity index (χ1n) is 5.07. The molecule has 0 spiro atoms. The third-order valence-electron chi connectivity index (χ3n) is 1.64. The Labute approximate surface area is 90.6 Å². The largest absolute Gasteiger partial charge is 0.450 e. The summed E-state index contributed by atoms with van der Waals surface area (Å²) in [6, 6.07) is 0. The predicted octanol–water partition coefficient (Wildman–Crippen LogP) is 0.895. The van der Waals surface area contributed by atoms with Crippen molar-refractivity contribution in [2.45, 2.75) is 27.7 Å². The van der Waals surface area contributed by atoms with E-state index in [-0.39, 0.29) is 5.91 Å². The topological polar surface area (TPSA) is 67.4 Å². The molecule has 0 aliphatic heterocycles. The van der Waals surface area contributed by atoms with Gasteiger partial charge in [0.05, 0.1) is 6.61 Å². The van der Waals surface area contributed by atoms with Gasteiger partial charge in [-0.15, -0.1) is 0 Å². The molecule has 5 heteroatoms. The number of rotatable bonds is 4. The quantitative estimate of drug-likeness (QED) is 0.686. The molecule has 0 rings (SSSR count). The van der Waals surface area contributed by atoms with E-state index < -0.39 is 11.5 Å². The van der Waals surface area contributed by atoms with Crippen molar-refractivity contribution < 1.29 is 14.3 Å². The van der Waals surface area contributed by atoms with Gasteiger partial charge >= 0.3 is 6.09 Å². The highest BCUT2D eigenvalue weighted by molar-refractivity contribution is 5.81. The van der Waals surface area contributed by atoms with Crippen LogP contribution in [-0.2, 0) is 9.53 Å². The molecule has 0 unspecified atom stereocenters. The first kappa shape index (κ1) is 13.7. The number of ether oxygens (including phenoxy) is 1. The zero-order chi connectivity index (χ0) is 11.9. The number of hydrogen-bond acceptors (Lipinski definition) is 3. The molecule has 0 aromatic carbocycles. The molecular weight excluding hydrogens is 196 g/mol. The number of alkyl carbamates (subject to hydrolysis) is 1. The second-order valence-corrected chi connectivity index (χ2v) is 4.15. The summed E-state index contributed by atoms with van der Waals surface area (Å²) in [5.41, 5.74) is -0.399. The summed E-state index contributed by atoms with van der Waals surface area (Å²) in [5.74, 6) is -0.0341. The first-order chi connectivity index (χ1) is 6.88. The lowest BCUT2D eigenvalue weighted by molar-refractivity contribution is -0.128. The maximum absolute atomic E-state index is 11.4. The second kappa shape index (κ2) is 6.27. The molecule has 88 valence electrons. The number of hydrogen-bond donors (Lipinski definition) is 2. The molecule has 0 saturated heterocycles. The van der Waals surface area contributed by atoms with Crippen LogP contribution >= 0.6 is 0 Å². The van der Waals surface area contributed by atoms with Crippen molar-refractivity contribution in [1.82, 2.24) is 10.6 Å². The lowest BCUT2D eigenvalue weighted by Gasteiger charge is -2.17. The average molecular weight is 216 g/mol. The minimum Gasteiger partial charge on any atom is -0.450 e. The first-order valence-corrected chi connectivity index (χ1v) is 5.07. The molecule has 0 aliphatic rings. The Morgan fingerprint density at radius 2 is 1.67 bits per heavy atom. The SMILES string of the molecule is CCOC(=O)NCCNC(=O)C(C)(C)C. The van der Waals surface area contributed by atoms with Gasteiger partial charge in [-0.05, 0) is 6.92 Å². The Kier molecular flexibility index (Phi) is 5.74. The van der Waals surface area contributed by atoms with Crippen LogP contribution in [0.3, 0.4) is 0 Å². The summed E-state index contributed by atoms with van der Waals surface area (Å²) in [5, 5.41) is 5.23. The molecule has 0 bridgehead atoms. The fourth-order valence-corrected chi connectivity index (χ4v) is 0.788. The highest BCUT2D eigenvalue weighted by Gasteiger charge is 2.20. The highest BCUT2D eigenvalue weighted by Crippen LogP contribution is 2.11. The van der Waals surface area contributed by atoms with Crippen LogP contribution in [-0.4, -0.2) is 31.7 Å². The van der Waals surface area contributed by atoms with Gasteiger partial charge in [0.1, 0.15) is 0 Å². The smallest absolute Gasteiger partial charge is 0.407 e. The van der Waals surface area contributed by atoms with Crippen LogP contribution in [0.1, 0.15) is 27.7 Å². The van der Waals surface area contributed by atoms with Gasteiger partial charge in [0.15, 0.2) is 0 Å². The van der Waals surface area contributed by atoms with Crippen molar-refractivity contribution in [2.75, 3.05) is 19.7 Å². The van der Waals surface area contributed by atoms with Crippen LogP contribution in [0.2, 0.25) is 0 Å². The molecule has 0 heterocycles. The third kappa shape index (κ3) is 6.76. The van der Waals surface area contributed by atoms with E-state index >= 15 is 0 Å². The van der Waals surface area contributed by atoms with Gasteiger partial charge in [0.2, 0.25) is 5.91 Å². The summed E-state index contributed by atoms with van der Waals surface area (Å²) < 4.78 is 4.65. The summed E-state index contributed by atoms with van der Waals surface area (Å²) in [7, 11) is 0. The van der Waals surface area contributed by atoms with Crippen molar-refractivity contribution in [1.29, 1.82) is 0 Å². The van der Waals surface area contributed by atoms with Gasteiger partial charge in [0, 0.05) is 18.5 Å². The van der Waals surface area contributed by atoms with Gasteiger partial charge in [0.25, 0.3) is 0 Å². The number of carbonyl (C=O) groups excluding carboxylic acids is 2. The van der Waals surface area contributed by atoms with Gasteiger partial charge in [-0.1, -0.05) is 20.8 Å². The fraction of sp³-hybridized carbons (Fsp3) is 0.800. The summed E-state index contributed by atoms with van der Waals surface area (Å²) in [6.07, 6.45) is -0.456. The van der Waals surface area contributed by atoms with E-state index in [2.05, 4.69) is 15.4 Å².